The van der Waals surface area contributed by atoms with Crippen LogP contribution in [-0.4, -0.2) is 88.3 Å². The number of ether oxygens (including phenoxy) is 3. The van der Waals surface area contributed by atoms with Crippen LogP contribution in [0.3, 0.4) is 0 Å². The first-order valence-electron chi connectivity index (χ1n) is 12.5. The second-order valence-corrected chi connectivity index (χ2v) is 11.8. The number of anilines is 1. The fraction of sp³-hybridized carbons (Fsp3) is 0.680. The Morgan fingerprint density at radius 2 is 2.03 bits per heavy atom. The number of hydrogen-bond donors (Lipinski definition) is 1. The predicted octanol–water partition coefficient (Wildman–Crippen LogP) is 3.57. The molecule has 0 radical (unpaired) electrons. The molecule has 2 aromatic heterocycles. The SMILES string of the molecule is COCC12CCC(CN(c3nc(OCC4(CO)CC4)nc4c(F)c(Cl)ncc34)C1)N2C(=O)OC(C)(C)C. The predicted molar refractivity (Wildman–Crippen MR) is 134 cm³/mol. The van der Waals surface area contributed by atoms with E-state index >= 15 is 4.39 Å². The van der Waals surface area contributed by atoms with Crippen LogP contribution in [0.15, 0.2) is 6.20 Å². The van der Waals surface area contributed by atoms with E-state index in [9.17, 15) is 9.90 Å². The van der Waals surface area contributed by atoms with Gasteiger partial charge in [-0.1, -0.05) is 11.6 Å². The molecule has 0 spiro atoms. The van der Waals surface area contributed by atoms with Gasteiger partial charge in [0, 0.05) is 31.8 Å². The van der Waals surface area contributed by atoms with Gasteiger partial charge in [0.1, 0.15) is 16.9 Å². The van der Waals surface area contributed by atoms with Crippen molar-refractivity contribution in [3.63, 3.8) is 0 Å². The van der Waals surface area contributed by atoms with Crippen LogP contribution < -0.4 is 9.64 Å². The number of pyridine rings is 1. The lowest BCUT2D eigenvalue weighted by atomic mass is 9.96. The molecule has 202 valence electrons. The average molecular weight is 538 g/mol. The summed E-state index contributed by atoms with van der Waals surface area (Å²) in [6.45, 7) is 6.93. The summed E-state index contributed by atoms with van der Waals surface area (Å²) in [5.74, 6) is -0.300. The van der Waals surface area contributed by atoms with Gasteiger partial charge in [-0.15, -0.1) is 0 Å². The molecular formula is C25H33ClFN5O5. The van der Waals surface area contributed by atoms with Gasteiger partial charge in [-0.05, 0) is 46.5 Å². The first-order valence-corrected chi connectivity index (χ1v) is 12.9. The molecule has 0 aromatic carbocycles. The van der Waals surface area contributed by atoms with E-state index in [-0.39, 0.29) is 47.4 Å². The molecule has 2 aliphatic heterocycles. The molecule has 37 heavy (non-hydrogen) atoms. The molecule has 1 saturated carbocycles. The molecule has 5 rings (SSSR count). The minimum Gasteiger partial charge on any atom is -0.463 e. The van der Waals surface area contributed by atoms with E-state index in [1.807, 2.05) is 30.6 Å². The number of nitrogens with zero attached hydrogens (tertiary/aromatic N) is 5. The number of amides is 1. The molecule has 3 aliphatic rings. The minimum atomic E-state index is -0.752. The molecule has 1 amide bonds. The Bertz CT molecular complexity index is 1200. The normalized spacial score (nSPS) is 24.5. The van der Waals surface area contributed by atoms with E-state index in [1.54, 1.807) is 7.11 Å². The fourth-order valence-electron chi connectivity index (χ4n) is 5.39. The first-order chi connectivity index (χ1) is 17.5. The highest BCUT2D eigenvalue weighted by atomic mass is 35.5. The quantitative estimate of drug-likeness (QED) is 0.530. The summed E-state index contributed by atoms with van der Waals surface area (Å²) >= 11 is 5.98. The third-order valence-corrected chi connectivity index (χ3v) is 7.70. The highest BCUT2D eigenvalue weighted by molar-refractivity contribution is 6.30. The first kappa shape index (κ1) is 26.1. The molecule has 12 heteroatoms. The van der Waals surface area contributed by atoms with E-state index in [4.69, 9.17) is 25.8 Å². The van der Waals surface area contributed by atoms with Crippen molar-refractivity contribution in [1.82, 2.24) is 19.9 Å². The molecule has 1 aliphatic carbocycles. The third kappa shape index (κ3) is 4.88. The standard InChI is InChI=1S/C25H33ClFN5O5/c1-23(2,3)37-22(34)32-15-5-6-25(32,14-35-4)11-31(10-15)20-16-9-28-19(26)17(27)18(16)29-21(30-20)36-13-24(12-33)7-8-24/h9,15,33H,5-8,10-14H2,1-4H3. The molecule has 3 fully saturated rings. The highest BCUT2D eigenvalue weighted by Crippen LogP contribution is 2.46. The van der Waals surface area contributed by atoms with E-state index < -0.39 is 17.0 Å². The number of hydrogen-bond acceptors (Lipinski definition) is 9. The second kappa shape index (κ2) is 9.36. The number of halogens is 2. The minimum absolute atomic E-state index is 0.00535. The van der Waals surface area contributed by atoms with Gasteiger partial charge >= 0.3 is 12.1 Å². The van der Waals surface area contributed by atoms with Crippen molar-refractivity contribution >= 4 is 34.4 Å². The Labute approximate surface area is 220 Å². The van der Waals surface area contributed by atoms with Crippen molar-refractivity contribution in [2.75, 3.05) is 44.9 Å². The van der Waals surface area contributed by atoms with Gasteiger partial charge in [-0.2, -0.15) is 9.97 Å². The molecule has 2 saturated heterocycles. The van der Waals surface area contributed by atoms with Gasteiger partial charge < -0.3 is 24.2 Å². The van der Waals surface area contributed by atoms with Crippen molar-refractivity contribution in [1.29, 1.82) is 0 Å². The Hall–Kier alpha value is -2.50. The van der Waals surface area contributed by atoms with Crippen molar-refractivity contribution in [3.8, 4) is 6.01 Å². The largest absolute Gasteiger partial charge is 0.463 e. The molecule has 10 nitrogen and oxygen atoms in total. The number of methoxy groups -OCH3 is 1. The monoisotopic (exact) mass is 537 g/mol. The Kier molecular flexibility index (Phi) is 6.60. The molecule has 2 aromatic rings. The maximum atomic E-state index is 15.1. The number of aliphatic hydroxyl groups excluding tert-OH is 1. The lowest BCUT2D eigenvalue weighted by Crippen LogP contribution is -2.66. The number of carbonyl (C=O) groups excluding carboxylic acids is 1. The summed E-state index contributed by atoms with van der Waals surface area (Å²) in [7, 11) is 1.61. The number of aromatic nitrogens is 3. The Morgan fingerprint density at radius 1 is 1.27 bits per heavy atom. The molecule has 2 unspecified atom stereocenters. The van der Waals surface area contributed by atoms with E-state index in [0.29, 0.717) is 30.9 Å². The van der Waals surface area contributed by atoms with Gasteiger partial charge in [0.25, 0.3) is 0 Å². The van der Waals surface area contributed by atoms with Gasteiger partial charge in [-0.25, -0.2) is 14.2 Å². The van der Waals surface area contributed by atoms with Crippen molar-refractivity contribution in [3.05, 3.63) is 17.2 Å². The lowest BCUT2D eigenvalue weighted by Gasteiger charge is -2.49. The van der Waals surface area contributed by atoms with Crippen molar-refractivity contribution < 1.29 is 28.5 Å². The second-order valence-electron chi connectivity index (χ2n) is 11.5. The summed E-state index contributed by atoms with van der Waals surface area (Å²) in [6.07, 6.45) is 4.28. The summed E-state index contributed by atoms with van der Waals surface area (Å²) in [6, 6.07) is -0.145. The van der Waals surface area contributed by atoms with Crippen molar-refractivity contribution in [2.24, 2.45) is 5.41 Å². The van der Waals surface area contributed by atoms with Crippen LogP contribution in [0.25, 0.3) is 10.9 Å². The molecule has 1 N–H and O–H groups in total. The van der Waals surface area contributed by atoms with Crippen LogP contribution in [0.5, 0.6) is 6.01 Å². The topological polar surface area (TPSA) is 110 Å². The number of carbonyl (C=O) groups is 1. The molecule has 2 atom stereocenters. The summed E-state index contributed by atoms with van der Waals surface area (Å²) in [5, 5.41) is 9.77. The summed E-state index contributed by atoms with van der Waals surface area (Å²) < 4.78 is 32.3. The summed E-state index contributed by atoms with van der Waals surface area (Å²) in [5.41, 5.74) is -1.57. The zero-order valence-electron chi connectivity index (χ0n) is 21.6. The van der Waals surface area contributed by atoms with Crippen LogP contribution in [-0.2, 0) is 9.47 Å². The fourth-order valence-corrected chi connectivity index (χ4v) is 5.53. The number of piperazine rings is 1. The van der Waals surface area contributed by atoms with Crippen molar-refractivity contribution in [2.45, 2.75) is 63.6 Å². The van der Waals surface area contributed by atoms with Crippen LogP contribution in [0.2, 0.25) is 5.15 Å². The van der Waals surface area contributed by atoms with Crippen LogP contribution in [0, 0.1) is 11.2 Å². The van der Waals surface area contributed by atoms with Gasteiger partial charge in [0.2, 0.25) is 0 Å². The Morgan fingerprint density at radius 3 is 2.68 bits per heavy atom. The van der Waals surface area contributed by atoms with Gasteiger partial charge in [0.05, 0.1) is 36.8 Å². The number of aliphatic hydroxyl groups is 1. The van der Waals surface area contributed by atoms with Gasteiger partial charge in [-0.3, -0.25) is 4.90 Å². The Balaban J connectivity index is 1.52. The zero-order chi connectivity index (χ0) is 26.6. The maximum absolute atomic E-state index is 15.1. The lowest BCUT2D eigenvalue weighted by molar-refractivity contribution is -0.0261. The maximum Gasteiger partial charge on any atom is 0.411 e. The smallest absolute Gasteiger partial charge is 0.411 e. The van der Waals surface area contributed by atoms with Crippen LogP contribution >= 0.6 is 11.6 Å². The number of fused-ring (bicyclic) bond motifs is 3. The molecule has 2 bridgehead atoms. The van der Waals surface area contributed by atoms with Crippen LogP contribution in [0.4, 0.5) is 15.0 Å². The van der Waals surface area contributed by atoms with Gasteiger partial charge in [0.15, 0.2) is 11.0 Å². The van der Waals surface area contributed by atoms with E-state index in [2.05, 4.69) is 15.0 Å². The highest BCUT2D eigenvalue weighted by Gasteiger charge is 2.55. The summed E-state index contributed by atoms with van der Waals surface area (Å²) in [4.78, 5) is 30.0. The zero-order valence-corrected chi connectivity index (χ0v) is 22.3. The van der Waals surface area contributed by atoms with E-state index in [1.165, 1.54) is 6.20 Å². The van der Waals surface area contributed by atoms with E-state index in [0.717, 1.165) is 25.7 Å². The molecule has 4 heterocycles. The number of rotatable bonds is 7. The molecular weight excluding hydrogens is 505 g/mol. The third-order valence-electron chi connectivity index (χ3n) is 7.44. The van der Waals surface area contributed by atoms with Crippen LogP contribution in [0.1, 0.15) is 46.5 Å². The average Bonchev–Trinajstić information content (AvgIpc) is 3.58.